The van der Waals surface area contributed by atoms with Crippen LogP contribution in [0, 0.1) is 12.7 Å². The Morgan fingerprint density at radius 2 is 2.10 bits per heavy atom. The summed E-state index contributed by atoms with van der Waals surface area (Å²) in [6.07, 6.45) is 2.20. The van der Waals surface area contributed by atoms with Gasteiger partial charge in [0, 0.05) is 12.1 Å². The molecule has 1 aliphatic heterocycles. The molecule has 0 aromatic heterocycles. The molecular formula is C14H20FNO3S. The molecule has 1 saturated heterocycles. The Labute approximate surface area is 119 Å². The minimum atomic E-state index is -3.92. The predicted molar refractivity (Wildman–Crippen MR) is 74.3 cm³/mol. The van der Waals surface area contributed by atoms with Crippen LogP contribution in [0.4, 0.5) is 4.39 Å². The monoisotopic (exact) mass is 301 g/mol. The molecule has 20 heavy (non-hydrogen) atoms. The zero-order valence-electron chi connectivity index (χ0n) is 11.7. The number of aliphatic hydroxyl groups excluding tert-OH is 1. The van der Waals surface area contributed by atoms with Crippen LogP contribution in [0.5, 0.6) is 0 Å². The highest BCUT2D eigenvalue weighted by Crippen LogP contribution is 2.30. The van der Waals surface area contributed by atoms with Crippen molar-refractivity contribution in [1.82, 2.24) is 4.31 Å². The average molecular weight is 301 g/mol. The minimum Gasteiger partial charge on any atom is -0.395 e. The summed E-state index contributed by atoms with van der Waals surface area (Å²) in [6, 6.07) is 3.40. The second-order valence-corrected chi connectivity index (χ2v) is 7.20. The molecule has 2 atom stereocenters. The molecule has 6 heteroatoms. The van der Waals surface area contributed by atoms with Crippen LogP contribution in [-0.2, 0) is 10.0 Å². The van der Waals surface area contributed by atoms with Crippen molar-refractivity contribution in [2.45, 2.75) is 50.1 Å². The van der Waals surface area contributed by atoms with E-state index in [0.29, 0.717) is 12.0 Å². The van der Waals surface area contributed by atoms with Crippen LogP contribution >= 0.6 is 0 Å². The first kappa shape index (κ1) is 15.4. The first-order chi connectivity index (χ1) is 9.37. The first-order valence-electron chi connectivity index (χ1n) is 6.78. The van der Waals surface area contributed by atoms with Crippen molar-refractivity contribution in [3.63, 3.8) is 0 Å². The summed E-state index contributed by atoms with van der Waals surface area (Å²) in [5.41, 5.74) is 0.673. The van der Waals surface area contributed by atoms with Gasteiger partial charge < -0.3 is 5.11 Å². The van der Waals surface area contributed by atoms with Gasteiger partial charge >= 0.3 is 0 Å². The molecule has 1 aliphatic rings. The van der Waals surface area contributed by atoms with Gasteiger partial charge in [0.25, 0.3) is 0 Å². The van der Waals surface area contributed by atoms with Crippen LogP contribution in [0.2, 0.25) is 0 Å². The standard InChI is InChI=1S/C14H20FNO3S/c1-10-6-7-14(13(15)8-10)20(18,19)16-11(2)4-3-5-12(16)9-17/h6-8,11-12,17H,3-5,9H2,1-2H3/t11-,12-/m0/s1. The Balaban J connectivity index is 2.47. The van der Waals surface area contributed by atoms with Gasteiger partial charge in [0.2, 0.25) is 10.0 Å². The molecule has 112 valence electrons. The van der Waals surface area contributed by atoms with Gasteiger partial charge in [-0.3, -0.25) is 0 Å². The number of rotatable bonds is 3. The van der Waals surface area contributed by atoms with Crippen LogP contribution < -0.4 is 0 Å². The smallest absolute Gasteiger partial charge is 0.246 e. The van der Waals surface area contributed by atoms with Gasteiger partial charge in [-0.25, -0.2) is 12.8 Å². The average Bonchev–Trinajstić information content (AvgIpc) is 2.37. The fourth-order valence-corrected chi connectivity index (χ4v) is 4.71. The molecule has 0 aliphatic carbocycles. The van der Waals surface area contributed by atoms with Gasteiger partial charge in [-0.05, 0) is 44.4 Å². The van der Waals surface area contributed by atoms with E-state index in [0.717, 1.165) is 12.8 Å². The summed E-state index contributed by atoms with van der Waals surface area (Å²) in [5, 5.41) is 9.40. The number of halogens is 1. The van der Waals surface area contributed by atoms with Gasteiger partial charge in [-0.1, -0.05) is 12.5 Å². The van der Waals surface area contributed by atoms with Gasteiger partial charge in [-0.2, -0.15) is 4.31 Å². The van der Waals surface area contributed by atoms with Crippen molar-refractivity contribution in [3.05, 3.63) is 29.6 Å². The molecule has 1 N–H and O–H groups in total. The zero-order chi connectivity index (χ0) is 14.9. The fourth-order valence-electron chi connectivity index (χ4n) is 2.80. The molecule has 0 radical (unpaired) electrons. The Morgan fingerprint density at radius 3 is 2.70 bits per heavy atom. The number of hydrogen-bond acceptors (Lipinski definition) is 3. The summed E-state index contributed by atoms with van der Waals surface area (Å²) in [4.78, 5) is -0.310. The van der Waals surface area contributed by atoms with Crippen molar-refractivity contribution in [2.24, 2.45) is 0 Å². The van der Waals surface area contributed by atoms with E-state index in [4.69, 9.17) is 0 Å². The summed E-state index contributed by atoms with van der Waals surface area (Å²) >= 11 is 0. The molecule has 0 unspecified atom stereocenters. The maximum absolute atomic E-state index is 14.0. The Bertz CT molecular complexity index is 588. The quantitative estimate of drug-likeness (QED) is 0.929. The fraction of sp³-hybridized carbons (Fsp3) is 0.571. The van der Waals surface area contributed by atoms with E-state index < -0.39 is 21.9 Å². The van der Waals surface area contributed by atoms with Crippen molar-refractivity contribution in [2.75, 3.05) is 6.61 Å². The number of benzene rings is 1. The second-order valence-electron chi connectivity index (χ2n) is 5.39. The largest absolute Gasteiger partial charge is 0.395 e. The van der Waals surface area contributed by atoms with E-state index >= 15 is 0 Å². The molecule has 4 nitrogen and oxygen atoms in total. The number of nitrogens with zero attached hydrogens (tertiary/aromatic N) is 1. The van der Waals surface area contributed by atoms with Crippen LogP contribution in [0.15, 0.2) is 23.1 Å². The van der Waals surface area contributed by atoms with Crippen molar-refractivity contribution < 1.29 is 17.9 Å². The Kier molecular flexibility index (Phi) is 4.46. The van der Waals surface area contributed by atoms with E-state index in [1.54, 1.807) is 19.9 Å². The third kappa shape index (κ3) is 2.73. The van der Waals surface area contributed by atoms with Crippen LogP contribution in [0.1, 0.15) is 31.7 Å². The number of hydrogen-bond donors (Lipinski definition) is 1. The van der Waals surface area contributed by atoms with Crippen molar-refractivity contribution in [3.8, 4) is 0 Å². The topological polar surface area (TPSA) is 57.6 Å². The van der Waals surface area contributed by atoms with E-state index in [-0.39, 0.29) is 17.5 Å². The molecule has 0 amide bonds. The normalized spacial score (nSPS) is 24.8. The van der Waals surface area contributed by atoms with Gasteiger partial charge in [0.1, 0.15) is 10.7 Å². The van der Waals surface area contributed by atoms with Crippen LogP contribution in [0.25, 0.3) is 0 Å². The molecule has 0 saturated carbocycles. The summed E-state index contributed by atoms with van der Waals surface area (Å²) in [5.74, 6) is -0.737. The van der Waals surface area contributed by atoms with Crippen molar-refractivity contribution in [1.29, 1.82) is 0 Å². The number of piperidine rings is 1. The third-order valence-electron chi connectivity index (χ3n) is 3.81. The molecule has 0 bridgehead atoms. The Hall–Kier alpha value is -0.980. The zero-order valence-corrected chi connectivity index (χ0v) is 12.5. The number of aryl methyl sites for hydroxylation is 1. The van der Waals surface area contributed by atoms with Crippen molar-refractivity contribution >= 4 is 10.0 Å². The third-order valence-corrected chi connectivity index (χ3v) is 5.91. The highest BCUT2D eigenvalue weighted by atomic mass is 32.2. The summed E-state index contributed by atoms with van der Waals surface area (Å²) < 4.78 is 40.6. The lowest BCUT2D eigenvalue weighted by Crippen LogP contribution is -2.50. The van der Waals surface area contributed by atoms with Crippen LogP contribution in [-0.4, -0.2) is 36.5 Å². The lowest BCUT2D eigenvalue weighted by atomic mass is 10.0. The van der Waals surface area contributed by atoms with E-state index in [1.807, 2.05) is 0 Å². The van der Waals surface area contributed by atoms with E-state index in [1.165, 1.54) is 16.4 Å². The Morgan fingerprint density at radius 1 is 1.40 bits per heavy atom. The van der Waals surface area contributed by atoms with E-state index in [2.05, 4.69) is 0 Å². The maximum atomic E-state index is 14.0. The molecule has 1 heterocycles. The minimum absolute atomic E-state index is 0.230. The molecule has 1 aromatic carbocycles. The van der Waals surface area contributed by atoms with Gasteiger partial charge in [0.05, 0.1) is 6.61 Å². The molecule has 2 rings (SSSR count). The highest BCUT2D eigenvalue weighted by molar-refractivity contribution is 7.89. The van der Waals surface area contributed by atoms with E-state index in [9.17, 15) is 17.9 Å². The first-order valence-corrected chi connectivity index (χ1v) is 8.22. The lowest BCUT2D eigenvalue weighted by Gasteiger charge is -2.38. The molecule has 1 fully saturated rings. The summed E-state index contributed by atoms with van der Waals surface area (Å²) in [7, 11) is -3.92. The second kappa shape index (κ2) is 5.79. The number of aliphatic hydroxyl groups is 1. The maximum Gasteiger partial charge on any atom is 0.246 e. The number of sulfonamides is 1. The van der Waals surface area contributed by atoms with Gasteiger partial charge in [0.15, 0.2) is 0 Å². The van der Waals surface area contributed by atoms with Crippen LogP contribution in [0.3, 0.4) is 0 Å². The molecular weight excluding hydrogens is 281 g/mol. The summed E-state index contributed by atoms with van der Waals surface area (Å²) in [6.45, 7) is 3.27. The molecule has 0 spiro atoms. The SMILES string of the molecule is Cc1ccc(S(=O)(=O)N2[C@H](CO)CCC[C@@H]2C)c(F)c1. The highest BCUT2D eigenvalue weighted by Gasteiger charge is 2.38. The van der Waals surface area contributed by atoms with Gasteiger partial charge in [-0.15, -0.1) is 0 Å². The molecule has 1 aromatic rings. The predicted octanol–water partition coefficient (Wildman–Crippen LogP) is 2.06. The lowest BCUT2D eigenvalue weighted by molar-refractivity contribution is 0.122.